The molecule has 0 aliphatic carbocycles. The zero-order valence-corrected chi connectivity index (χ0v) is 11.3. The molecule has 3 heteroatoms. The highest BCUT2D eigenvalue weighted by Gasteiger charge is 2.05. The molecule has 2 nitrogen and oxygen atoms in total. The van der Waals surface area contributed by atoms with Crippen molar-refractivity contribution in [3.8, 4) is 0 Å². The van der Waals surface area contributed by atoms with E-state index < -0.39 is 0 Å². The molecule has 1 aromatic heterocycles. The number of aryl methyl sites for hydroxylation is 2. The van der Waals surface area contributed by atoms with Gasteiger partial charge in [0.15, 0.2) is 0 Å². The van der Waals surface area contributed by atoms with E-state index in [0.717, 1.165) is 11.6 Å². The lowest BCUT2D eigenvalue weighted by atomic mass is 10.1. The number of benzene rings is 1. The van der Waals surface area contributed by atoms with E-state index in [1.165, 1.54) is 16.0 Å². The van der Waals surface area contributed by atoms with Crippen LogP contribution in [0.25, 0.3) is 0 Å². The highest BCUT2D eigenvalue weighted by atomic mass is 32.1. The van der Waals surface area contributed by atoms with Crippen LogP contribution in [0.4, 0.5) is 0 Å². The van der Waals surface area contributed by atoms with Crippen LogP contribution in [-0.2, 0) is 6.54 Å². The molecule has 2 aromatic rings. The summed E-state index contributed by atoms with van der Waals surface area (Å²) in [6.45, 7) is 7.23. The summed E-state index contributed by atoms with van der Waals surface area (Å²) in [5, 5.41) is 4.65. The molecule has 0 saturated carbocycles. The van der Waals surface area contributed by atoms with E-state index in [4.69, 9.17) is 0 Å². The van der Waals surface area contributed by atoms with E-state index in [1.54, 1.807) is 11.3 Å². The maximum atomic E-state index is 4.26. The third-order valence-electron chi connectivity index (χ3n) is 2.83. The maximum absolute atomic E-state index is 4.26. The van der Waals surface area contributed by atoms with Crippen molar-refractivity contribution >= 4 is 11.3 Å². The molecule has 17 heavy (non-hydrogen) atoms. The summed E-state index contributed by atoms with van der Waals surface area (Å²) in [5.74, 6) is 0. The third kappa shape index (κ3) is 3.38. The van der Waals surface area contributed by atoms with Crippen molar-refractivity contribution in [3.63, 3.8) is 0 Å². The van der Waals surface area contributed by atoms with Crippen LogP contribution in [0, 0.1) is 13.8 Å². The highest BCUT2D eigenvalue weighted by molar-refractivity contribution is 7.11. The summed E-state index contributed by atoms with van der Waals surface area (Å²) in [5.41, 5.74) is 2.64. The fourth-order valence-corrected chi connectivity index (χ4v) is 2.46. The van der Waals surface area contributed by atoms with E-state index >= 15 is 0 Å². The average molecular weight is 246 g/mol. The number of hydrogen-bond acceptors (Lipinski definition) is 3. The zero-order valence-electron chi connectivity index (χ0n) is 10.5. The topological polar surface area (TPSA) is 24.9 Å². The molecule has 1 atom stereocenters. The minimum absolute atomic E-state index is 0.373. The standard InChI is InChI=1S/C14H18N2S/c1-10-4-6-13(7-5-10)11(2)15-8-14-9-16-12(3)17-14/h4-7,9,11,15H,8H2,1-3H3/t11-/m0/s1. The first-order valence-corrected chi connectivity index (χ1v) is 6.68. The first-order chi connectivity index (χ1) is 8.15. The molecule has 0 spiro atoms. The van der Waals surface area contributed by atoms with Crippen LogP contribution in [0.2, 0.25) is 0 Å². The van der Waals surface area contributed by atoms with Gasteiger partial charge in [-0.25, -0.2) is 4.98 Å². The van der Waals surface area contributed by atoms with Crippen LogP contribution in [0.15, 0.2) is 30.5 Å². The molecule has 0 bridgehead atoms. The van der Waals surface area contributed by atoms with Crippen molar-refractivity contribution in [2.24, 2.45) is 0 Å². The van der Waals surface area contributed by atoms with Gasteiger partial charge >= 0.3 is 0 Å². The molecule has 0 aliphatic heterocycles. The second-order valence-corrected chi connectivity index (χ2v) is 5.68. The minimum atomic E-state index is 0.373. The van der Waals surface area contributed by atoms with Gasteiger partial charge in [-0.1, -0.05) is 29.8 Å². The molecule has 2 rings (SSSR count). The van der Waals surface area contributed by atoms with Crippen LogP contribution in [0.5, 0.6) is 0 Å². The van der Waals surface area contributed by atoms with Crippen molar-refractivity contribution in [1.29, 1.82) is 0 Å². The van der Waals surface area contributed by atoms with Crippen molar-refractivity contribution in [1.82, 2.24) is 10.3 Å². The molecule has 1 aromatic carbocycles. The lowest BCUT2D eigenvalue weighted by Crippen LogP contribution is -2.17. The Labute approximate surface area is 107 Å². The van der Waals surface area contributed by atoms with Crippen molar-refractivity contribution in [2.75, 3.05) is 0 Å². The summed E-state index contributed by atoms with van der Waals surface area (Å²) < 4.78 is 0. The van der Waals surface area contributed by atoms with E-state index in [2.05, 4.69) is 48.4 Å². The number of thiazole rings is 1. The molecule has 0 amide bonds. The van der Waals surface area contributed by atoms with Crippen LogP contribution in [0.3, 0.4) is 0 Å². The van der Waals surface area contributed by atoms with Gasteiger partial charge in [0.25, 0.3) is 0 Å². The Kier molecular flexibility index (Phi) is 3.92. The normalized spacial score (nSPS) is 12.6. The lowest BCUT2D eigenvalue weighted by molar-refractivity contribution is 0.578. The fraction of sp³-hybridized carbons (Fsp3) is 0.357. The minimum Gasteiger partial charge on any atom is -0.305 e. The predicted octanol–water partition coefficient (Wildman–Crippen LogP) is 3.61. The number of nitrogens with one attached hydrogen (secondary N) is 1. The van der Waals surface area contributed by atoms with E-state index in [-0.39, 0.29) is 0 Å². The number of aromatic nitrogens is 1. The Morgan fingerprint density at radius 2 is 1.94 bits per heavy atom. The van der Waals surface area contributed by atoms with Gasteiger partial charge in [0.2, 0.25) is 0 Å². The Morgan fingerprint density at radius 1 is 1.24 bits per heavy atom. The Morgan fingerprint density at radius 3 is 2.53 bits per heavy atom. The van der Waals surface area contributed by atoms with Gasteiger partial charge in [-0.15, -0.1) is 11.3 Å². The summed E-state index contributed by atoms with van der Waals surface area (Å²) >= 11 is 1.75. The monoisotopic (exact) mass is 246 g/mol. The summed E-state index contributed by atoms with van der Waals surface area (Å²) in [4.78, 5) is 5.55. The number of rotatable bonds is 4. The van der Waals surface area contributed by atoms with Crippen molar-refractivity contribution in [3.05, 3.63) is 51.5 Å². The SMILES string of the molecule is Cc1ccc([C@H](C)NCc2cnc(C)s2)cc1. The van der Waals surface area contributed by atoms with E-state index in [9.17, 15) is 0 Å². The molecule has 1 N–H and O–H groups in total. The largest absolute Gasteiger partial charge is 0.305 e. The molecule has 0 saturated heterocycles. The van der Waals surface area contributed by atoms with Crippen LogP contribution in [-0.4, -0.2) is 4.98 Å². The molecule has 0 unspecified atom stereocenters. The quantitative estimate of drug-likeness (QED) is 0.891. The zero-order chi connectivity index (χ0) is 12.3. The van der Waals surface area contributed by atoms with Crippen molar-refractivity contribution in [2.45, 2.75) is 33.4 Å². The molecule has 1 heterocycles. The Balaban J connectivity index is 1.93. The van der Waals surface area contributed by atoms with Crippen LogP contribution < -0.4 is 5.32 Å². The predicted molar refractivity (Wildman–Crippen MR) is 73.3 cm³/mol. The Bertz CT molecular complexity index is 473. The molecular formula is C14H18N2S. The second kappa shape index (κ2) is 5.43. The first kappa shape index (κ1) is 12.3. The maximum Gasteiger partial charge on any atom is 0.0897 e. The highest BCUT2D eigenvalue weighted by Crippen LogP contribution is 2.16. The fourth-order valence-electron chi connectivity index (χ4n) is 1.71. The Hall–Kier alpha value is -1.19. The average Bonchev–Trinajstić information content (AvgIpc) is 2.73. The van der Waals surface area contributed by atoms with Gasteiger partial charge in [-0.05, 0) is 26.3 Å². The van der Waals surface area contributed by atoms with Gasteiger partial charge in [0.05, 0.1) is 5.01 Å². The molecular weight excluding hydrogens is 228 g/mol. The first-order valence-electron chi connectivity index (χ1n) is 5.86. The second-order valence-electron chi connectivity index (χ2n) is 4.36. The van der Waals surface area contributed by atoms with Gasteiger partial charge in [0.1, 0.15) is 0 Å². The summed E-state index contributed by atoms with van der Waals surface area (Å²) in [6.07, 6.45) is 1.95. The van der Waals surface area contributed by atoms with E-state index in [1.807, 2.05) is 13.1 Å². The summed E-state index contributed by atoms with van der Waals surface area (Å²) in [7, 11) is 0. The van der Waals surface area contributed by atoms with Gasteiger partial charge in [0, 0.05) is 23.7 Å². The van der Waals surface area contributed by atoms with Gasteiger partial charge < -0.3 is 5.32 Å². The summed E-state index contributed by atoms with van der Waals surface area (Å²) in [6, 6.07) is 9.06. The number of hydrogen-bond donors (Lipinski definition) is 1. The molecule has 90 valence electrons. The molecule has 0 aliphatic rings. The van der Waals surface area contributed by atoms with Gasteiger partial charge in [-0.3, -0.25) is 0 Å². The van der Waals surface area contributed by atoms with Gasteiger partial charge in [-0.2, -0.15) is 0 Å². The smallest absolute Gasteiger partial charge is 0.0897 e. The van der Waals surface area contributed by atoms with Crippen molar-refractivity contribution < 1.29 is 0 Å². The van der Waals surface area contributed by atoms with E-state index in [0.29, 0.717) is 6.04 Å². The lowest BCUT2D eigenvalue weighted by Gasteiger charge is -2.13. The van der Waals surface area contributed by atoms with Crippen LogP contribution in [0.1, 0.15) is 34.0 Å². The van der Waals surface area contributed by atoms with Crippen LogP contribution >= 0.6 is 11.3 Å². The third-order valence-corrected chi connectivity index (χ3v) is 3.74. The number of nitrogens with zero attached hydrogens (tertiary/aromatic N) is 1. The molecule has 0 radical (unpaired) electrons. The molecule has 0 fully saturated rings.